The minimum atomic E-state index is 0.231. The molecule has 1 aromatic heterocycles. The van der Waals surface area contributed by atoms with E-state index in [1.54, 1.807) is 0 Å². The summed E-state index contributed by atoms with van der Waals surface area (Å²) in [7, 11) is 0. The SMILES string of the molecule is CC(N)C1CCN(C(=O)CCn2cnc3ccccc32)CC1. The summed E-state index contributed by atoms with van der Waals surface area (Å²) in [6.45, 7) is 4.43. The van der Waals surface area contributed by atoms with E-state index < -0.39 is 0 Å². The summed E-state index contributed by atoms with van der Waals surface area (Å²) in [5.41, 5.74) is 8.02. The Morgan fingerprint density at radius 2 is 2.09 bits per heavy atom. The quantitative estimate of drug-likeness (QED) is 0.939. The van der Waals surface area contributed by atoms with Crippen LogP contribution in [0.15, 0.2) is 30.6 Å². The van der Waals surface area contributed by atoms with E-state index in [2.05, 4.69) is 16.5 Å². The number of para-hydroxylation sites is 2. The molecule has 0 aliphatic carbocycles. The number of nitrogens with zero attached hydrogens (tertiary/aromatic N) is 3. The Morgan fingerprint density at radius 1 is 1.36 bits per heavy atom. The third kappa shape index (κ3) is 3.14. The molecule has 1 aliphatic heterocycles. The van der Waals surface area contributed by atoms with Gasteiger partial charge in [-0.3, -0.25) is 4.79 Å². The van der Waals surface area contributed by atoms with Crippen molar-refractivity contribution in [2.24, 2.45) is 11.7 Å². The van der Waals surface area contributed by atoms with Gasteiger partial charge in [0.1, 0.15) is 0 Å². The van der Waals surface area contributed by atoms with Gasteiger partial charge in [0.15, 0.2) is 0 Å². The van der Waals surface area contributed by atoms with E-state index in [0.717, 1.165) is 37.0 Å². The van der Waals surface area contributed by atoms with E-state index >= 15 is 0 Å². The van der Waals surface area contributed by atoms with Crippen molar-refractivity contribution >= 4 is 16.9 Å². The summed E-state index contributed by atoms with van der Waals surface area (Å²) in [6, 6.07) is 8.25. The maximum absolute atomic E-state index is 12.4. The molecule has 1 amide bonds. The van der Waals surface area contributed by atoms with Crippen LogP contribution in [0.4, 0.5) is 0 Å². The molecule has 0 radical (unpaired) electrons. The third-order valence-electron chi connectivity index (χ3n) is 4.73. The van der Waals surface area contributed by atoms with Crippen LogP contribution in [0.5, 0.6) is 0 Å². The fourth-order valence-electron chi connectivity index (χ4n) is 3.24. The molecule has 2 N–H and O–H groups in total. The zero-order chi connectivity index (χ0) is 15.5. The molecule has 0 spiro atoms. The Balaban J connectivity index is 1.55. The number of aryl methyl sites for hydroxylation is 1. The van der Waals surface area contributed by atoms with Gasteiger partial charge in [0.25, 0.3) is 0 Å². The number of fused-ring (bicyclic) bond motifs is 1. The lowest BCUT2D eigenvalue weighted by Gasteiger charge is -2.33. The largest absolute Gasteiger partial charge is 0.343 e. The number of piperidine rings is 1. The molecule has 1 fully saturated rings. The van der Waals surface area contributed by atoms with Crippen LogP contribution < -0.4 is 5.73 Å². The Bertz CT molecular complexity index is 641. The van der Waals surface area contributed by atoms with Crippen LogP contribution in [0.2, 0.25) is 0 Å². The molecular formula is C17H24N4O. The number of rotatable bonds is 4. The molecule has 5 nitrogen and oxygen atoms in total. The summed E-state index contributed by atoms with van der Waals surface area (Å²) >= 11 is 0. The highest BCUT2D eigenvalue weighted by molar-refractivity contribution is 5.77. The first-order valence-corrected chi connectivity index (χ1v) is 8.08. The number of aromatic nitrogens is 2. The van der Waals surface area contributed by atoms with Gasteiger partial charge in [0.2, 0.25) is 5.91 Å². The highest BCUT2D eigenvalue weighted by Crippen LogP contribution is 2.20. The molecule has 1 saturated heterocycles. The summed E-state index contributed by atoms with van der Waals surface area (Å²) in [4.78, 5) is 18.7. The standard InChI is InChI=1S/C17H24N4O/c1-13(18)14-6-9-20(10-7-14)17(22)8-11-21-12-19-15-4-2-3-5-16(15)21/h2-5,12-14H,6-11,18H2,1H3. The first-order valence-electron chi connectivity index (χ1n) is 8.08. The van der Waals surface area contributed by atoms with Crippen molar-refractivity contribution in [3.63, 3.8) is 0 Å². The summed E-state index contributed by atoms with van der Waals surface area (Å²) in [5.74, 6) is 0.794. The maximum atomic E-state index is 12.4. The predicted octanol–water partition coefficient (Wildman–Crippen LogP) is 2.01. The molecule has 3 rings (SSSR count). The molecule has 22 heavy (non-hydrogen) atoms. The van der Waals surface area contributed by atoms with Crippen LogP contribution in [-0.4, -0.2) is 39.5 Å². The molecule has 2 heterocycles. The molecule has 1 aliphatic rings. The average molecular weight is 300 g/mol. The van der Waals surface area contributed by atoms with Gasteiger partial charge in [-0.1, -0.05) is 12.1 Å². The second kappa shape index (κ2) is 6.48. The first kappa shape index (κ1) is 15.0. The minimum Gasteiger partial charge on any atom is -0.343 e. The summed E-state index contributed by atoms with van der Waals surface area (Å²) < 4.78 is 2.06. The highest BCUT2D eigenvalue weighted by atomic mass is 16.2. The second-order valence-electron chi connectivity index (χ2n) is 6.25. The van der Waals surface area contributed by atoms with Crippen molar-refractivity contribution < 1.29 is 4.79 Å². The number of hydrogen-bond acceptors (Lipinski definition) is 3. The van der Waals surface area contributed by atoms with Crippen LogP contribution in [-0.2, 0) is 11.3 Å². The minimum absolute atomic E-state index is 0.231. The Labute approximate surface area is 131 Å². The summed E-state index contributed by atoms with van der Waals surface area (Å²) in [5, 5.41) is 0. The molecular weight excluding hydrogens is 276 g/mol. The number of imidazole rings is 1. The van der Waals surface area contributed by atoms with E-state index in [4.69, 9.17) is 5.73 Å². The lowest BCUT2D eigenvalue weighted by Crippen LogP contribution is -2.42. The number of carbonyl (C=O) groups excluding carboxylic acids is 1. The fraction of sp³-hybridized carbons (Fsp3) is 0.529. The molecule has 0 bridgehead atoms. The van der Waals surface area contributed by atoms with Crippen molar-refractivity contribution in [1.82, 2.24) is 14.5 Å². The Hall–Kier alpha value is -1.88. The number of benzene rings is 1. The highest BCUT2D eigenvalue weighted by Gasteiger charge is 2.24. The van der Waals surface area contributed by atoms with Crippen LogP contribution >= 0.6 is 0 Å². The van der Waals surface area contributed by atoms with Crippen molar-refractivity contribution in [2.45, 2.75) is 38.8 Å². The van der Waals surface area contributed by atoms with Crippen LogP contribution in [0.3, 0.4) is 0 Å². The van der Waals surface area contributed by atoms with E-state index in [0.29, 0.717) is 18.9 Å². The van der Waals surface area contributed by atoms with Gasteiger partial charge in [0, 0.05) is 32.1 Å². The lowest BCUT2D eigenvalue weighted by molar-refractivity contribution is -0.132. The van der Waals surface area contributed by atoms with Gasteiger partial charge in [-0.2, -0.15) is 0 Å². The normalized spacial score (nSPS) is 17.8. The van der Waals surface area contributed by atoms with Gasteiger partial charge in [-0.05, 0) is 37.8 Å². The monoisotopic (exact) mass is 300 g/mol. The number of hydrogen-bond donors (Lipinski definition) is 1. The van der Waals surface area contributed by atoms with Crippen molar-refractivity contribution in [2.75, 3.05) is 13.1 Å². The van der Waals surface area contributed by atoms with E-state index in [-0.39, 0.29) is 11.9 Å². The van der Waals surface area contributed by atoms with Crippen LogP contribution in [0, 0.1) is 5.92 Å². The number of nitrogens with two attached hydrogens (primary N) is 1. The maximum Gasteiger partial charge on any atom is 0.224 e. The zero-order valence-electron chi connectivity index (χ0n) is 13.1. The molecule has 118 valence electrons. The number of carbonyl (C=O) groups is 1. The van der Waals surface area contributed by atoms with Crippen LogP contribution in [0.25, 0.3) is 11.0 Å². The fourth-order valence-corrected chi connectivity index (χ4v) is 3.24. The van der Waals surface area contributed by atoms with Gasteiger partial charge in [-0.25, -0.2) is 4.98 Å². The van der Waals surface area contributed by atoms with E-state index in [1.807, 2.05) is 35.5 Å². The van der Waals surface area contributed by atoms with Gasteiger partial charge in [-0.15, -0.1) is 0 Å². The van der Waals surface area contributed by atoms with Crippen molar-refractivity contribution in [3.8, 4) is 0 Å². The number of likely N-dealkylation sites (tertiary alicyclic amines) is 1. The smallest absolute Gasteiger partial charge is 0.224 e. The predicted molar refractivity (Wildman–Crippen MR) is 87.3 cm³/mol. The zero-order valence-corrected chi connectivity index (χ0v) is 13.1. The van der Waals surface area contributed by atoms with Crippen LogP contribution in [0.1, 0.15) is 26.2 Å². The third-order valence-corrected chi connectivity index (χ3v) is 4.73. The first-order chi connectivity index (χ1) is 10.6. The molecule has 1 unspecified atom stereocenters. The molecule has 1 atom stereocenters. The van der Waals surface area contributed by atoms with Gasteiger partial charge >= 0.3 is 0 Å². The van der Waals surface area contributed by atoms with Gasteiger partial charge in [0.05, 0.1) is 17.4 Å². The van der Waals surface area contributed by atoms with Gasteiger partial charge < -0.3 is 15.2 Å². The molecule has 0 saturated carbocycles. The van der Waals surface area contributed by atoms with E-state index in [1.165, 1.54) is 0 Å². The lowest BCUT2D eigenvalue weighted by atomic mass is 9.91. The van der Waals surface area contributed by atoms with Crippen molar-refractivity contribution in [3.05, 3.63) is 30.6 Å². The Kier molecular flexibility index (Phi) is 4.43. The topological polar surface area (TPSA) is 64.2 Å². The molecule has 2 aromatic rings. The Morgan fingerprint density at radius 3 is 2.82 bits per heavy atom. The number of amides is 1. The molecule has 1 aromatic carbocycles. The summed E-state index contributed by atoms with van der Waals surface area (Å²) in [6.07, 6.45) is 4.40. The second-order valence-corrected chi connectivity index (χ2v) is 6.25. The van der Waals surface area contributed by atoms with Crippen molar-refractivity contribution in [1.29, 1.82) is 0 Å². The average Bonchev–Trinajstić information content (AvgIpc) is 2.96. The molecule has 5 heteroatoms. The van der Waals surface area contributed by atoms with E-state index in [9.17, 15) is 4.79 Å².